The highest BCUT2D eigenvalue weighted by Gasteiger charge is 2.36. The van der Waals surface area contributed by atoms with Crippen molar-refractivity contribution in [1.82, 2.24) is 19.6 Å². The minimum Gasteiger partial charge on any atom is -0.367 e. The molecule has 0 unspecified atom stereocenters. The van der Waals surface area contributed by atoms with Gasteiger partial charge in [-0.05, 0) is 76.0 Å². The van der Waals surface area contributed by atoms with Crippen molar-refractivity contribution in [3.8, 4) is 0 Å². The number of aryl methyl sites for hydroxylation is 1. The molecule has 1 amide bonds. The van der Waals surface area contributed by atoms with Crippen LogP contribution in [-0.4, -0.2) is 52.5 Å². The average molecular weight is 574 g/mol. The van der Waals surface area contributed by atoms with Gasteiger partial charge in [0, 0.05) is 72.4 Å². The molecule has 0 bridgehead atoms. The number of rotatable bonds is 7. The van der Waals surface area contributed by atoms with Gasteiger partial charge < -0.3 is 20.4 Å². The Morgan fingerprint density at radius 1 is 0.975 bits per heavy atom. The molecule has 1 aliphatic heterocycles. The van der Waals surface area contributed by atoms with Gasteiger partial charge in [-0.2, -0.15) is 18.2 Å². The third kappa shape index (κ3) is 7.79. The number of carbonyl (C=O) groups is 1. The zero-order valence-electron chi connectivity index (χ0n) is 23.2. The van der Waals surface area contributed by atoms with Crippen molar-refractivity contribution >= 4 is 46.7 Å². The Balaban J connectivity index is 1.51. The molecule has 12 heteroatoms. The fraction of sp³-hybridized carbons (Fsp3) is 0.393. The summed E-state index contributed by atoms with van der Waals surface area (Å²) >= 11 is 1.53. The molecule has 4 rings (SSSR count). The number of amides is 1. The van der Waals surface area contributed by atoms with Crippen molar-refractivity contribution < 1.29 is 18.0 Å². The van der Waals surface area contributed by atoms with E-state index in [0.29, 0.717) is 32.0 Å². The first-order chi connectivity index (χ1) is 18.8. The lowest BCUT2D eigenvalue weighted by atomic mass is 10.1. The molecule has 1 fully saturated rings. The van der Waals surface area contributed by atoms with E-state index < -0.39 is 11.7 Å². The molecule has 0 radical (unpaired) electrons. The number of alkyl halides is 3. The summed E-state index contributed by atoms with van der Waals surface area (Å²) in [6, 6.07) is 12.0. The first kappa shape index (κ1) is 29.5. The molecule has 3 N–H and O–H groups in total. The SMILES string of the molecule is CC(=O)N1CCN(c2ccc(Nc3ncc(C)c(Nc4cccc(SNC(C)(C)C)c4)n3)cc2C(F)(F)F)CC1. The molecule has 8 nitrogen and oxygen atoms in total. The fourth-order valence-corrected chi connectivity index (χ4v) is 4.88. The molecule has 1 aromatic heterocycles. The van der Waals surface area contributed by atoms with Crippen LogP contribution >= 0.6 is 11.9 Å². The summed E-state index contributed by atoms with van der Waals surface area (Å²) in [5.41, 5.74) is 1.12. The summed E-state index contributed by atoms with van der Waals surface area (Å²) in [4.78, 5) is 24.7. The second-order valence-electron chi connectivity index (χ2n) is 10.7. The van der Waals surface area contributed by atoms with Crippen LogP contribution in [0.4, 0.5) is 42.0 Å². The molecule has 214 valence electrons. The molecule has 0 spiro atoms. The van der Waals surface area contributed by atoms with Gasteiger partial charge in [-0.1, -0.05) is 6.07 Å². The van der Waals surface area contributed by atoms with Gasteiger partial charge in [0.2, 0.25) is 11.9 Å². The van der Waals surface area contributed by atoms with Crippen LogP contribution in [0.15, 0.2) is 53.6 Å². The van der Waals surface area contributed by atoms with Crippen LogP contribution < -0.4 is 20.3 Å². The second-order valence-corrected chi connectivity index (χ2v) is 11.6. The molecule has 0 atom stereocenters. The number of carbonyl (C=O) groups excluding carboxylic acids is 1. The van der Waals surface area contributed by atoms with Crippen molar-refractivity contribution in [1.29, 1.82) is 0 Å². The van der Waals surface area contributed by atoms with Crippen molar-refractivity contribution in [2.45, 2.75) is 51.2 Å². The molecule has 1 aliphatic rings. The predicted molar refractivity (Wildman–Crippen MR) is 154 cm³/mol. The van der Waals surface area contributed by atoms with Crippen molar-refractivity contribution in [3.05, 3.63) is 59.8 Å². The number of hydrogen-bond acceptors (Lipinski definition) is 8. The zero-order chi connectivity index (χ0) is 29.1. The maximum Gasteiger partial charge on any atom is 0.418 e. The highest BCUT2D eigenvalue weighted by Crippen LogP contribution is 2.39. The van der Waals surface area contributed by atoms with Gasteiger partial charge in [0.05, 0.1) is 5.56 Å². The Morgan fingerprint density at radius 2 is 1.68 bits per heavy atom. The fourth-order valence-electron chi connectivity index (χ4n) is 4.12. The summed E-state index contributed by atoms with van der Waals surface area (Å²) in [5, 5.41) is 6.21. The zero-order valence-corrected chi connectivity index (χ0v) is 24.0. The summed E-state index contributed by atoms with van der Waals surface area (Å²) < 4.78 is 45.6. The Bertz CT molecular complexity index is 1350. The number of anilines is 5. The molecule has 3 aromatic rings. The Labute approximate surface area is 236 Å². The van der Waals surface area contributed by atoms with Crippen LogP contribution in [0.3, 0.4) is 0 Å². The Kier molecular flexibility index (Phi) is 8.79. The lowest BCUT2D eigenvalue weighted by molar-refractivity contribution is -0.137. The molecule has 0 aliphatic carbocycles. The first-order valence-corrected chi connectivity index (χ1v) is 13.7. The van der Waals surface area contributed by atoms with Crippen LogP contribution in [0, 0.1) is 6.92 Å². The molecule has 40 heavy (non-hydrogen) atoms. The van der Waals surface area contributed by atoms with E-state index in [1.807, 2.05) is 31.2 Å². The lowest BCUT2D eigenvalue weighted by Crippen LogP contribution is -2.48. The molecule has 2 aromatic carbocycles. The molecule has 2 heterocycles. The minimum absolute atomic E-state index is 0.0490. The van der Waals surface area contributed by atoms with Gasteiger partial charge in [0.15, 0.2) is 0 Å². The minimum atomic E-state index is -4.56. The number of nitrogens with zero attached hydrogens (tertiary/aromatic N) is 4. The number of aromatic nitrogens is 2. The average Bonchev–Trinajstić information content (AvgIpc) is 2.89. The smallest absolute Gasteiger partial charge is 0.367 e. The summed E-state index contributed by atoms with van der Waals surface area (Å²) in [6.07, 6.45) is -2.94. The van der Waals surface area contributed by atoms with E-state index in [4.69, 9.17) is 0 Å². The largest absolute Gasteiger partial charge is 0.418 e. The van der Waals surface area contributed by atoms with Crippen molar-refractivity contribution in [2.24, 2.45) is 0 Å². The van der Waals surface area contributed by atoms with Gasteiger partial charge in [-0.15, -0.1) is 0 Å². The topological polar surface area (TPSA) is 85.4 Å². The van der Waals surface area contributed by atoms with Crippen LogP contribution in [0.1, 0.15) is 38.8 Å². The third-order valence-electron chi connectivity index (χ3n) is 6.17. The summed E-state index contributed by atoms with van der Waals surface area (Å²) in [6.45, 7) is 11.0. The van der Waals surface area contributed by atoms with E-state index in [1.165, 1.54) is 24.9 Å². The van der Waals surface area contributed by atoms with E-state index in [0.717, 1.165) is 22.2 Å². The van der Waals surface area contributed by atoms with Crippen LogP contribution in [0.5, 0.6) is 0 Å². The van der Waals surface area contributed by atoms with Crippen LogP contribution in [0.25, 0.3) is 0 Å². The quantitative estimate of drug-likeness (QED) is 0.282. The molecule has 1 saturated heterocycles. The summed E-state index contributed by atoms with van der Waals surface area (Å²) in [7, 11) is 0. The number of hydrogen-bond donors (Lipinski definition) is 3. The standard InChI is InChI=1S/C28H34F3N7OS/c1-18-17-32-26(35-25(18)33-20-7-6-8-22(15-20)40-36-27(3,4)5)34-21-9-10-24(23(16-21)28(29,30)31)38-13-11-37(12-14-38)19(2)39/h6-10,15-17,36H,11-14H2,1-5H3,(H2,32,33,34,35). The van der Waals surface area contributed by atoms with Gasteiger partial charge in [-0.25, -0.2) is 4.98 Å². The monoisotopic (exact) mass is 573 g/mol. The van der Waals surface area contributed by atoms with Gasteiger partial charge >= 0.3 is 6.18 Å². The van der Waals surface area contributed by atoms with Gasteiger partial charge in [-0.3, -0.25) is 9.52 Å². The van der Waals surface area contributed by atoms with E-state index in [1.54, 1.807) is 22.1 Å². The predicted octanol–water partition coefficient (Wildman–Crippen LogP) is 6.35. The first-order valence-electron chi connectivity index (χ1n) is 12.9. The summed E-state index contributed by atoms with van der Waals surface area (Å²) in [5.74, 6) is 0.634. The van der Waals surface area contributed by atoms with E-state index in [9.17, 15) is 18.0 Å². The Hall–Kier alpha value is -3.51. The highest BCUT2D eigenvalue weighted by molar-refractivity contribution is 7.97. The number of piperazine rings is 1. The van der Waals surface area contributed by atoms with E-state index in [2.05, 4.69) is 46.1 Å². The Morgan fingerprint density at radius 3 is 2.33 bits per heavy atom. The van der Waals surface area contributed by atoms with E-state index >= 15 is 0 Å². The van der Waals surface area contributed by atoms with Crippen molar-refractivity contribution in [2.75, 3.05) is 41.7 Å². The van der Waals surface area contributed by atoms with Gasteiger partial charge in [0.1, 0.15) is 5.82 Å². The molecule has 0 saturated carbocycles. The van der Waals surface area contributed by atoms with Crippen LogP contribution in [0.2, 0.25) is 0 Å². The lowest BCUT2D eigenvalue weighted by Gasteiger charge is -2.36. The van der Waals surface area contributed by atoms with Crippen LogP contribution in [-0.2, 0) is 11.0 Å². The molecular formula is C28H34F3N7OS. The number of nitrogens with one attached hydrogen (secondary N) is 3. The van der Waals surface area contributed by atoms with Gasteiger partial charge in [0.25, 0.3) is 0 Å². The molecular weight excluding hydrogens is 539 g/mol. The number of benzene rings is 2. The van der Waals surface area contributed by atoms with Crippen molar-refractivity contribution in [3.63, 3.8) is 0 Å². The third-order valence-corrected chi connectivity index (χ3v) is 7.37. The second kappa shape index (κ2) is 11.9. The van der Waals surface area contributed by atoms with E-state index in [-0.39, 0.29) is 28.8 Å². The highest BCUT2D eigenvalue weighted by atomic mass is 32.2. The number of halogens is 3. The maximum atomic E-state index is 14.1. The maximum absolute atomic E-state index is 14.1. The normalized spacial score (nSPS) is 14.3.